The zero-order valence-electron chi connectivity index (χ0n) is 16.5. The molecule has 1 aromatic heterocycles. The van der Waals surface area contributed by atoms with E-state index in [1.807, 2.05) is 60.7 Å². The second-order valence-electron chi connectivity index (χ2n) is 6.75. The van der Waals surface area contributed by atoms with Gasteiger partial charge in [-0.05, 0) is 51.0 Å². The van der Waals surface area contributed by atoms with E-state index in [-0.39, 0.29) is 6.61 Å². The smallest absolute Gasteiger partial charge is 0.209 e. The Labute approximate surface area is 178 Å². The lowest BCUT2D eigenvalue weighted by atomic mass is 10.1. The molecule has 0 aliphatic rings. The highest BCUT2D eigenvalue weighted by molar-refractivity contribution is 7.99. The normalized spacial score (nSPS) is 12.1. The number of aliphatic hydroxyl groups excluding tert-OH is 1. The van der Waals surface area contributed by atoms with Gasteiger partial charge in [0.05, 0.1) is 19.8 Å². The van der Waals surface area contributed by atoms with Crippen molar-refractivity contribution in [2.45, 2.75) is 17.8 Å². The van der Waals surface area contributed by atoms with E-state index in [4.69, 9.17) is 9.47 Å². The Morgan fingerprint density at radius 2 is 1.77 bits per heavy atom. The standard InChI is InChI=1S/C22H22N4O3S/c1-28-20-9-6-16(7-10-20)13-26-22(23-24-25-26)30-15-19(27)14-29-21-11-8-17-4-2-3-5-18(17)12-21/h2-12,19,27H,13-15H2,1H3. The van der Waals surface area contributed by atoms with E-state index in [0.717, 1.165) is 27.8 Å². The van der Waals surface area contributed by atoms with Gasteiger partial charge in [0.25, 0.3) is 0 Å². The summed E-state index contributed by atoms with van der Waals surface area (Å²) in [7, 11) is 1.64. The quantitative estimate of drug-likeness (QED) is 0.414. The van der Waals surface area contributed by atoms with Gasteiger partial charge in [0, 0.05) is 5.75 Å². The number of aliphatic hydroxyl groups is 1. The first-order valence-electron chi connectivity index (χ1n) is 9.53. The molecule has 0 radical (unpaired) electrons. The van der Waals surface area contributed by atoms with Crippen molar-refractivity contribution in [1.82, 2.24) is 20.2 Å². The van der Waals surface area contributed by atoms with Crippen LogP contribution in [-0.2, 0) is 6.54 Å². The Morgan fingerprint density at radius 3 is 2.57 bits per heavy atom. The fourth-order valence-corrected chi connectivity index (χ4v) is 3.75. The van der Waals surface area contributed by atoms with Crippen LogP contribution in [-0.4, -0.2) is 50.9 Å². The molecule has 0 saturated carbocycles. The van der Waals surface area contributed by atoms with Crippen LogP contribution in [0.5, 0.6) is 11.5 Å². The molecule has 30 heavy (non-hydrogen) atoms. The predicted octanol–water partition coefficient (Wildman–Crippen LogP) is 3.42. The van der Waals surface area contributed by atoms with Gasteiger partial charge in [-0.25, -0.2) is 4.68 Å². The number of ether oxygens (including phenoxy) is 2. The summed E-state index contributed by atoms with van der Waals surface area (Å²) in [4.78, 5) is 0. The summed E-state index contributed by atoms with van der Waals surface area (Å²) >= 11 is 1.40. The van der Waals surface area contributed by atoms with Gasteiger partial charge in [0.1, 0.15) is 18.1 Å². The maximum atomic E-state index is 10.3. The predicted molar refractivity (Wildman–Crippen MR) is 116 cm³/mol. The largest absolute Gasteiger partial charge is 0.497 e. The molecule has 0 aliphatic heterocycles. The first-order valence-corrected chi connectivity index (χ1v) is 10.5. The fourth-order valence-electron chi connectivity index (χ4n) is 2.97. The molecule has 0 aliphatic carbocycles. The molecular formula is C22H22N4O3S. The van der Waals surface area contributed by atoms with Crippen molar-refractivity contribution in [2.24, 2.45) is 0 Å². The van der Waals surface area contributed by atoms with Crippen LogP contribution in [0.1, 0.15) is 5.56 Å². The molecule has 4 aromatic rings. The number of fused-ring (bicyclic) bond motifs is 1. The van der Waals surface area contributed by atoms with Crippen LogP contribution >= 0.6 is 11.8 Å². The summed E-state index contributed by atoms with van der Waals surface area (Å²) in [6.45, 7) is 0.744. The number of benzene rings is 3. The molecule has 1 unspecified atom stereocenters. The lowest BCUT2D eigenvalue weighted by molar-refractivity contribution is 0.126. The minimum atomic E-state index is -0.646. The topological polar surface area (TPSA) is 82.3 Å². The number of tetrazole rings is 1. The van der Waals surface area contributed by atoms with Crippen LogP contribution in [0.25, 0.3) is 10.8 Å². The molecule has 1 heterocycles. The molecule has 1 atom stereocenters. The molecule has 0 fully saturated rings. The highest BCUT2D eigenvalue weighted by atomic mass is 32.2. The molecule has 4 rings (SSSR count). The second kappa shape index (κ2) is 9.60. The molecule has 0 bridgehead atoms. The summed E-state index contributed by atoms with van der Waals surface area (Å²) in [5.41, 5.74) is 1.06. The Morgan fingerprint density at radius 1 is 1.00 bits per heavy atom. The van der Waals surface area contributed by atoms with Crippen LogP contribution in [0.3, 0.4) is 0 Å². The monoisotopic (exact) mass is 422 g/mol. The Hall–Kier alpha value is -3.10. The molecule has 0 amide bonds. The first kappa shape index (κ1) is 20.2. The van der Waals surface area contributed by atoms with Crippen molar-refractivity contribution in [3.63, 3.8) is 0 Å². The number of thioether (sulfide) groups is 1. The van der Waals surface area contributed by atoms with Crippen molar-refractivity contribution >= 4 is 22.5 Å². The van der Waals surface area contributed by atoms with Crippen molar-refractivity contribution in [3.05, 3.63) is 72.3 Å². The van der Waals surface area contributed by atoms with Crippen LogP contribution < -0.4 is 9.47 Å². The van der Waals surface area contributed by atoms with Gasteiger partial charge in [0.2, 0.25) is 5.16 Å². The number of hydrogen-bond acceptors (Lipinski definition) is 7. The average Bonchev–Trinajstić information content (AvgIpc) is 3.23. The molecule has 3 aromatic carbocycles. The van der Waals surface area contributed by atoms with Crippen LogP contribution in [0, 0.1) is 0 Å². The number of rotatable bonds is 9. The van der Waals surface area contributed by atoms with Gasteiger partial charge in [-0.15, -0.1) is 5.10 Å². The van der Waals surface area contributed by atoms with E-state index >= 15 is 0 Å². The lowest BCUT2D eigenvalue weighted by Gasteiger charge is -2.12. The minimum Gasteiger partial charge on any atom is -0.497 e. The SMILES string of the molecule is COc1ccc(Cn2nnnc2SCC(O)COc2ccc3ccccc3c2)cc1. The van der Waals surface area contributed by atoms with Crippen LogP contribution in [0.4, 0.5) is 0 Å². The van der Waals surface area contributed by atoms with E-state index in [2.05, 4.69) is 21.6 Å². The van der Waals surface area contributed by atoms with E-state index in [0.29, 0.717) is 17.5 Å². The molecule has 0 spiro atoms. The van der Waals surface area contributed by atoms with Gasteiger partial charge >= 0.3 is 0 Å². The van der Waals surface area contributed by atoms with Gasteiger partial charge in [-0.2, -0.15) is 0 Å². The summed E-state index contributed by atoms with van der Waals surface area (Å²) < 4.78 is 12.6. The maximum absolute atomic E-state index is 10.3. The zero-order chi connectivity index (χ0) is 20.8. The minimum absolute atomic E-state index is 0.200. The van der Waals surface area contributed by atoms with E-state index in [1.54, 1.807) is 11.8 Å². The molecular weight excluding hydrogens is 400 g/mol. The fraction of sp³-hybridized carbons (Fsp3) is 0.227. The van der Waals surface area contributed by atoms with Crippen molar-refractivity contribution < 1.29 is 14.6 Å². The van der Waals surface area contributed by atoms with Gasteiger partial charge < -0.3 is 14.6 Å². The zero-order valence-corrected chi connectivity index (χ0v) is 17.3. The van der Waals surface area contributed by atoms with Crippen LogP contribution in [0.2, 0.25) is 0 Å². The lowest BCUT2D eigenvalue weighted by Crippen LogP contribution is -2.20. The van der Waals surface area contributed by atoms with Crippen molar-refractivity contribution in [1.29, 1.82) is 0 Å². The molecule has 1 N–H and O–H groups in total. The molecule has 8 heteroatoms. The maximum Gasteiger partial charge on any atom is 0.209 e. The van der Waals surface area contributed by atoms with Gasteiger partial charge in [-0.3, -0.25) is 0 Å². The Balaban J connectivity index is 1.29. The molecule has 0 saturated heterocycles. The number of methoxy groups -OCH3 is 1. The average molecular weight is 423 g/mol. The number of aromatic nitrogens is 4. The highest BCUT2D eigenvalue weighted by Gasteiger charge is 2.12. The summed E-state index contributed by atoms with van der Waals surface area (Å²) in [6.07, 6.45) is -0.646. The summed E-state index contributed by atoms with van der Waals surface area (Å²) in [6, 6.07) is 21.8. The van der Waals surface area contributed by atoms with Crippen molar-refractivity contribution in [3.8, 4) is 11.5 Å². The van der Waals surface area contributed by atoms with E-state index < -0.39 is 6.10 Å². The second-order valence-corrected chi connectivity index (χ2v) is 7.74. The van der Waals surface area contributed by atoms with E-state index in [9.17, 15) is 5.11 Å². The number of hydrogen-bond donors (Lipinski definition) is 1. The van der Waals surface area contributed by atoms with Crippen molar-refractivity contribution in [2.75, 3.05) is 19.5 Å². The molecule has 154 valence electrons. The summed E-state index contributed by atoms with van der Waals surface area (Å²) in [5, 5.41) is 25.1. The van der Waals surface area contributed by atoms with E-state index in [1.165, 1.54) is 11.8 Å². The number of nitrogens with zero attached hydrogens (tertiary/aromatic N) is 4. The third-order valence-electron chi connectivity index (χ3n) is 4.56. The van der Waals surface area contributed by atoms with Gasteiger partial charge in [0.15, 0.2) is 0 Å². The molecule has 7 nitrogen and oxygen atoms in total. The third kappa shape index (κ3) is 5.08. The Bertz CT molecular complexity index is 1100. The third-order valence-corrected chi connectivity index (χ3v) is 5.66. The highest BCUT2D eigenvalue weighted by Crippen LogP contribution is 2.22. The Kier molecular flexibility index (Phi) is 6.46. The van der Waals surface area contributed by atoms with Crippen LogP contribution in [0.15, 0.2) is 71.9 Å². The van der Waals surface area contributed by atoms with Gasteiger partial charge in [-0.1, -0.05) is 54.2 Å². The first-order chi connectivity index (χ1) is 14.7. The summed E-state index contributed by atoms with van der Waals surface area (Å²) in [5.74, 6) is 1.97.